The number of nitrogens with one attached hydrogen (secondary N) is 1. The van der Waals surface area contributed by atoms with Gasteiger partial charge in [0.25, 0.3) is 0 Å². The predicted octanol–water partition coefficient (Wildman–Crippen LogP) is -0.132. The minimum absolute atomic E-state index is 0.0387. The van der Waals surface area contributed by atoms with E-state index in [0.29, 0.717) is 6.04 Å². The Labute approximate surface area is 137 Å². The summed E-state index contributed by atoms with van der Waals surface area (Å²) in [7, 11) is 0. The molecule has 0 aromatic carbocycles. The smallest absolute Gasteiger partial charge is 0.237 e. The van der Waals surface area contributed by atoms with Gasteiger partial charge >= 0.3 is 0 Å². The quantitative estimate of drug-likeness (QED) is 0.753. The van der Waals surface area contributed by atoms with Crippen LogP contribution >= 0.6 is 0 Å². The van der Waals surface area contributed by atoms with Crippen LogP contribution in [0.25, 0.3) is 0 Å². The van der Waals surface area contributed by atoms with Crippen LogP contribution in [0.15, 0.2) is 0 Å². The molecular formula is C15H27N7O. The number of nitrogens with zero attached hydrogens (tertiary/aromatic N) is 6. The zero-order chi connectivity index (χ0) is 16.2. The van der Waals surface area contributed by atoms with Gasteiger partial charge in [0.1, 0.15) is 0 Å². The molecule has 8 heteroatoms. The van der Waals surface area contributed by atoms with Gasteiger partial charge in [-0.2, -0.15) is 0 Å². The molecule has 8 nitrogen and oxygen atoms in total. The maximum atomic E-state index is 12.2. The molecule has 1 aromatic heterocycles. The Bertz CT molecular complexity index is 520. The minimum atomic E-state index is -0.0387. The molecule has 1 saturated carbocycles. The number of tetrazole rings is 1. The number of aryl methyl sites for hydroxylation is 1. The standard InChI is InChI=1S/C15H27N7O/c1-3-6-22-14(17-18-19-22)11-20-7-9-21(10-8-20)12(2)15(23)16-13-4-5-13/h12-13H,3-11H2,1-2H3,(H,16,23)/t12-/m0/s1. The summed E-state index contributed by atoms with van der Waals surface area (Å²) in [4.78, 5) is 16.8. The molecule has 1 atom stereocenters. The Morgan fingerprint density at radius 2 is 2.04 bits per heavy atom. The second-order valence-corrected chi connectivity index (χ2v) is 6.59. The highest BCUT2D eigenvalue weighted by Gasteiger charge is 2.30. The van der Waals surface area contributed by atoms with E-state index in [4.69, 9.17) is 0 Å². The van der Waals surface area contributed by atoms with Crippen molar-refractivity contribution in [1.29, 1.82) is 0 Å². The highest BCUT2D eigenvalue weighted by atomic mass is 16.2. The summed E-state index contributed by atoms with van der Waals surface area (Å²) in [5.41, 5.74) is 0. The number of carbonyl (C=O) groups excluding carboxylic acids is 1. The highest BCUT2D eigenvalue weighted by molar-refractivity contribution is 5.81. The van der Waals surface area contributed by atoms with E-state index in [9.17, 15) is 4.79 Å². The molecule has 1 aliphatic heterocycles. The summed E-state index contributed by atoms with van der Waals surface area (Å²) < 4.78 is 1.89. The van der Waals surface area contributed by atoms with Crippen molar-refractivity contribution in [2.75, 3.05) is 26.2 Å². The van der Waals surface area contributed by atoms with Crippen molar-refractivity contribution in [3.8, 4) is 0 Å². The molecule has 1 saturated heterocycles. The summed E-state index contributed by atoms with van der Waals surface area (Å²) in [6.07, 6.45) is 3.30. The number of carbonyl (C=O) groups is 1. The molecule has 23 heavy (non-hydrogen) atoms. The van der Waals surface area contributed by atoms with E-state index in [2.05, 4.69) is 37.6 Å². The number of hydrogen-bond donors (Lipinski definition) is 1. The summed E-state index contributed by atoms with van der Waals surface area (Å²) in [5, 5.41) is 15.0. The fourth-order valence-electron chi connectivity index (χ4n) is 2.95. The number of aromatic nitrogens is 4. The summed E-state index contributed by atoms with van der Waals surface area (Å²) in [6, 6.07) is 0.395. The molecular weight excluding hydrogens is 294 g/mol. The van der Waals surface area contributed by atoms with Gasteiger partial charge in [0, 0.05) is 38.8 Å². The van der Waals surface area contributed by atoms with E-state index in [1.165, 1.54) is 0 Å². The number of rotatable bonds is 7. The van der Waals surface area contributed by atoms with Crippen molar-refractivity contribution in [2.45, 2.75) is 58.3 Å². The van der Waals surface area contributed by atoms with Gasteiger partial charge in [0.05, 0.1) is 12.6 Å². The lowest BCUT2D eigenvalue weighted by atomic mass is 10.2. The van der Waals surface area contributed by atoms with Crippen molar-refractivity contribution in [3.63, 3.8) is 0 Å². The van der Waals surface area contributed by atoms with E-state index in [-0.39, 0.29) is 11.9 Å². The van der Waals surface area contributed by atoms with Crippen LogP contribution in [0.2, 0.25) is 0 Å². The molecule has 2 heterocycles. The molecule has 1 N–H and O–H groups in total. The first kappa shape index (κ1) is 16.3. The average molecular weight is 321 g/mol. The highest BCUT2D eigenvalue weighted by Crippen LogP contribution is 2.19. The molecule has 1 aliphatic carbocycles. The van der Waals surface area contributed by atoms with Crippen molar-refractivity contribution in [3.05, 3.63) is 5.82 Å². The summed E-state index contributed by atoms with van der Waals surface area (Å²) in [5.74, 6) is 1.10. The molecule has 0 unspecified atom stereocenters. The van der Waals surface area contributed by atoms with Gasteiger partial charge in [-0.15, -0.1) is 5.10 Å². The lowest BCUT2D eigenvalue weighted by molar-refractivity contribution is -0.126. The number of hydrogen-bond acceptors (Lipinski definition) is 6. The summed E-state index contributed by atoms with van der Waals surface area (Å²) in [6.45, 7) is 9.49. The monoisotopic (exact) mass is 321 g/mol. The third kappa shape index (κ3) is 4.26. The first-order valence-corrected chi connectivity index (χ1v) is 8.69. The van der Waals surface area contributed by atoms with Gasteiger partial charge in [-0.3, -0.25) is 14.6 Å². The Morgan fingerprint density at radius 3 is 2.70 bits per heavy atom. The molecule has 0 bridgehead atoms. The van der Waals surface area contributed by atoms with Gasteiger partial charge in [-0.05, 0) is 36.6 Å². The summed E-state index contributed by atoms with van der Waals surface area (Å²) >= 11 is 0. The van der Waals surface area contributed by atoms with Crippen LogP contribution in [0.4, 0.5) is 0 Å². The van der Waals surface area contributed by atoms with Crippen LogP contribution in [0.3, 0.4) is 0 Å². The van der Waals surface area contributed by atoms with Crippen molar-refractivity contribution < 1.29 is 4.79 Å². The van der Waals surface area contributed by atoms with Crippen molar-refractivity contribution in [2.24, 2.45) is 0 Å². The average Bonchev–Trinajstić information content (AvgIpc) is 3.27. The number of piperazine rings is 1. The van der Waals surface area contributed by atoms with E-state index < -0.39 is 0 Å². The lowest BCUT2D eigenvalue weighted by Gasteiger charge is -2.37. The number of amides is 1. The Kier molecular flexibility index (Phi) is 5.22. The molecule has 0 spiro atoms. The van der Waals surface area contributed by atoms with E-state index in [1.54, 1.807) is 0 Å². The molecule has 2 fully saturated rings. The van der Waals surface area contributed by atoms with Gasteiger partial charge in [0.2, 0.25) is 5.91 Å². The molecule has 0 radical (unpaired) electrons. The van der Waals surface area contributed by atoms with E-state index >= 15 is 0 Å². The Balaban J connectivity index is 1.46. The van der Waals surface area contributed by atoms with Crippen LogP contribution < -0.4 is 5.32 Å². The molecule has 3 rings (SSSR count). The zero-order valence-electron chi connectivity index (χ0n) is 14.1. The molecule has 1 amide bonds. The third-order valence-corrected chi connectivity index (χ3v) is 4.66. The first-order chi connectivity index (χ1) is 11.2. The lowest BCUT2D eigenvalue weighted by Crippen LogP contribution is -2.54. The van der Waals surface area contributed by atoms with Crippen LogP contribution in [0.5, 0.6) is 0 Å². The SMILES string of the molecule is CCCn1nnnc1CN1CCN([C@@H](C)C(=O)NC2CC2)CC1. The maximum Gasteiger partial charge on any atom is 0.237 e. The van der Waals surface area contributed by atoms with Crippen LogP contribution in [-0.2, 0) is 17.9 Å². The fraction of sp³-hybridized carbons (Fsp3) is 0.867. The van der Waals surface area contributed by atoms with Crippen molar-refractivity contribution in [1.82, 2.24) is 35.3 Å². The van der Waals surface area contributed by atoms with Gasteiger partial charge < -0.3 is 5.32 Å². The van der Waals surface area contributed by atoms with E-state index in [0.717, 1.165) is 64.4 Å². The third-order valence-electron chi connectivity index (χ3n) is 4.66. The van der Waals surface area contributed by atoms with Crippen LogP contribution in [0, 0.1) is 0 Å². The van der Waals surface area contributed by atoms with Gasteiger partial charge in [-0.25, -0.2) is 4.68 Å². The first-order valence-electron chi connectivity index (χ1n) is 8.69. The van der Waals surface area contributed by atoms with Crippen LogP contribution in [-0.4, -0.2) is 74.2 Å². The van der Waals surface area contributed by atoms with Crippen molar-refractivity contribution >= 4 is 5.91 Å². The minimum Gasteiger partial charge on any atom is -0.352 e. The largest absolute Gasteiger partial charge is 0.352 e. The normalized spacial score (nSPS) is 21.3. The second-order valence-electron chi connectivity index (χ2n) is 6.59. The maximum absolute atomic E-state index is 12.2. The Hall–Kier alpha value is -1.54. The fourth-order valence-corrected chi connectivity index (χ4v) is 2.95. The second kappa shape index (κ2) is 7.35. The van der Waals surface area contributed by atoms with E-state index in [1.807, 2.05) is 11.6 Å². The molecule has 2 aliphatic rings. The van der Waals surface area contributed by atoms with Crippen LogP contribution in [0.1, 0.15) is 38.9 Å². The van der Waals surface area contributed by atoms with Gasteiger partial charge in [0.15, 0.2) is 5.82 Å². The topological polar surface area (TPSA) is 79.2 Å². The Morgan fingerprint density at radius 1 is 1.30 bits per heavy atom. The molecule has 128 valence electrons. The predicted molar refractivity (Wildman–Crippen MR) is 85.6 cm³/mol. The molecule has 1 aromatic rings. The van der Waals surface area contributed by atoms with Gasteiger partial charge in [-0.1, -0.05) is 6.92 Å². The zero-order valence-corrected chi connectivity index (χ0v) is 14.1.